The van der Waals surface area contributed by atoms with Gasteiger partial charge in [0.2, 0.25) is 0 Å². The van der Waals surface area contributed by atoms with Crippen LogP contribution in [0.4, 0.5) is 5.69 Å². The number of rotatable bonds is 3. The molecule has 4 heteroatoms. The van der Waals surface area contributed by atoms with Crippen molar-refractivity contribution in [3.8, 4) is 11.1 Å². The average Bonchev–Trinajstić information content (AvgIpc) is 2.90. The van der Waals surface area contributed by atoms with E-state index in [4.69, 9.17) is 5.11 Å². The molecular formula is C17H16N2O2. The maximum atomic E-state index is 11.1. The first kappa shape index (κ1) is 13.2. The van der Waals surface area contributed by atoms with Crippen molar-refractivity contribution in [2.75, 3.05) is 19.0 Å². The van der Waals surface area contributed by atoms with E-state index in [1.54, 1.807) is 18.2 Å². The Bertz CT molecular complexity index is 801. The number of carbonyl (C=O) groups is 1. The highest BCUT2D eigenvalue weighted by molar-refractivity contribution is 6.00. The van der Waals surface area contributed by atoms with Crippen molar-refractivity contribution in [2.45, 2.75) is 0 Å². The fourth-order valence-corrected chi connectivity index (χ4v) is 2.43. The summed E-state index contributed by atoms with van der Waals surface area (Å²) in [6.45, 7) is 0. The zero-order chi connectivity index (χ0) is 15.0. The molecule has 0 fully saturated rings. The first-order chi connectivity index (χ1) is 10.1. The van der Waals surface area contributed by atoms with Gasteiger partial charge in [-0.2, -0.15) is 0 Å². The Morgan fingerprint density at radius 1 is 1.10 bits per heavy atom. The fraction of sp³-hybridized carbons (Fsp3) is 0.118. The molecule has 1 aromatic heterocycles. The molecule has 4 nitrogen and oxygen atoms in total. The summed E-state index contributed by atoms with van der Waals surface area (Å²) >= 11 is 0. The van der Waals surface area contributed by atoms with Crippen molar-refractivity contribution in [1.29, 1.82) is 0 Å². The second-order valence-corrected chi connectivity index (χ2v) is 5.21. The molecule has 0 saturated carbocycles. The summed E-state index contributed by atoms with van der Waals surface area (Å²) in [5.74, 6) is -0.910. The number of nitrogens with one attached hydrogen (secondary N) is 1. The minimum atomic E-state index is -0.910. The zero-order valence-electron chi connectivity index (χ0n) is 11.9. The van der Waals surface area contributed by atoms with Crippen LogP contribution in [0.2, 0.25) is 0 Å². The van der Waals surface area contributed by atoms with E-state index in [0.717, 1.165) is 27.7 Å². The molecule has 21 heavy (non-hydrogen) atoms. The number of hydrogen-bond acceptors (Lipinski definition) is 2. The van der Waals surface area contributed by atoms with E-state index in [2.05, 4.69) is 17.1 Å². The van der Waals surface area contributed by atoms with Gasteiger partial charge in [-0.15, -0.1) is 0 Å². The topological polar surface area (TPSA) is 56.3 Å². The summed E-state index contributed by atoms with van der Waals surface area (Å²) in [4.78, 5) is 16.3. The molecule has 0 aliphatic rings. The van der Waals surface area contributed by atoms with Gasteiger partial charge in [-0.3, -0.25) is 0 Å². The highest BCUT2D eigenvalue weighted by Crippen LogP contribution is 2.30. The number of hydrogen-bond donors (Lipinski definition) is 2. The summed E-state index contributed by atoms with van der Waals surface area (Å²) < 4.78 is 0. The lowest BCUT2D eigenvalue weighted by molar-refractivity contribution is 0.0697. The lowest BCUT2D eigenvalue weighted by atomic mass is 10.0. The van der Waals surface area contributed by atoms with E-state index in [1.807, 2.05) is 37.3 Å². The molecule has 3 rings (SSSR count). The third kappa shape index (κ3) is 2.36. The van der Waals surface area contributed by atoms with Gasteiger partial charge < -0.3 is 15.0 Å². The van der Waals surface area contributed by atoms with Crippen molar-refractivity contribution in [3.63, 3.8) is 0 Å². The third-order valence-electron chi connectivity index (χ3n) is 3.62. The number of anilines is 1. The Balaban J connectivity index is 2.11. The average molecular weight is 280 g/mol. The summed E-state index contributed by atoms with van der Waals surface area (Å²) in [5, 5.41) is 10.0. The van der Waals surface area contributed by atoms with Gasteiger partial charge in [-0.05, 0) is 35.9 Å². The van der Waals surface area contributed by atoms with Crippen LogP contribution in [0, 0.1) is 0 Å². The lowest BCUT2D eigenvalue weighted by Crippen LogP contribution is -2.07. The second kappa shape index (κ2) is 4.98. The molecule has 0 spiro atoms. The molecule has 0 bridgehead atoms. The van der Waals surface area contributed by atoms with Crippen LogP contribution in [0.25, 0.3) is 22.0 Å². The second-order valence-electron chi connectivity index (χ2n) is 5.21. The highest BCUT2D eigenvalue weighted by Gasteiger charge is 2.10. The Morgan fingerprint density at radius 3 is 2.43 bits per heavy atom. The number of fused-ring (bicyclic) bond motifs is 1. The van der Waals surface area contributed by atoms with Crippen LogP contribution < -0.4 is 4.90 Å². The smallest absolute Gasteiger partial charge is 0.335 e. The highest BCUT2D eigenvalue weighted by atomic mass is 16.4. The Morgan fingerprint density at radius 2 is 1.81 bits per heavy atom. The SMILES string of the molecule is CN(C)c1ccc(-c2c[nH]c3ccc(C(=O)O)cc23)cc1. The molecule has 0 unspecified atom stereocenters. The van der Waals surface area contributed by atoms with Gasteiger partial charge in [0, 0.05) is 42.4 Å². The van der Waals surface area contributed by atoms with Crippen LogP contribution in [-0.4, -0.2) is 30.2 Å². The summed E-state index contributed by atoms with van der Waals surface area (Å²) in [7, 11) is 4.00. The number of aromatic carboxylic acids is 1. The molecule has 0 saturated heterocycles. The van der Waals surface area contributed by atoms with Crippen molar-refractivity contribution in [1.82, 2.24) is 4.98 Å². The summed E-state index contributed by atoms with van der Waals surface area (Å²) in [5.41, 5.74) is 4.44. The molecule has 0 radical (unpaired) electrons. The summed E-state index contributed by atoms with van der Waals surface area (Å²) in [6.07, 6.45) is 1.92. The molecule has 2 aromatic carbocycles. The molecule has 0 aliphatic carbocycles. The van der Waals surface area contributed by atoms with Crippen LogP contribution >= 0.6 is 0 Å². The van der Waals surface area contributed by atoms with Crippen molar-refractivity contribution >= 4 is 22.6 Å². The van der Waals surface area contributed by atoms with Crippen molar-refractivity contribution < 1.29 is 9.90 Å². The molecule has 0 aliphatic heterocycles. The maximum absolute atomic E-state index is 11.1. The third-order valence-corrected chi connectivity index (χ3v) is 3.62. The standard InChI is InChI=1S/C17H16N2O2/c1-19(2)13-6-3-11(4-7-13)15-10-18-16-8-5-12(17(20)21)9-14(15)16/h3-10,18H,1-2H3,(H,20,21). The van der Waals surface area contributed by atoms with E-state index in [-0.39, 0.29) is 0 Å². The van der Waals surface area contributed by atoms with Crippen LogP contribution in [0.15, 0.2) is 48.7 Å². The predicted molar refractivity (Wildman–Crippen MR) is 85.0 cm³/mol. The molecule has 0 amide bonds. The predicted octanol–water partition coefficient (Wildman–Crippen LogP) is 3.60. The number of carboxylic acids is 1. The molecule has 0 atom stereocenters. The number of benzene rings is 2. The normalized spacial score (nSPS) is 10.8. The number of aromatic nitrogens is 1. The first-order valence-corrected chi connectivity index (χ1v) is 6.68. The minimum Gasteiger partial charge on any atom is -0.478 e. The fourth-order valence-electron chi connectivity index (χ4n) is 2.43. The largest absolute Gasteiger partial charge is 0.478 e. The van der Waals surface area contributed by atoms with Gasteiger partial charge in [-0.25, -0.2) is 4.79 Å². The number of aromatic amines is 1. The number of H-pyrrole nitrogens is 1. The van der Waals surface area contributed by atoms with E-state index in [0.29, 0.717) is 5.56 Å². The Labute approximate surface area is 122 Å². The van der Waals surface area contributed by atoms with Crippen molar-refractivity contribution in [2.24, 2.45) is 0 Å². The number of carboxylic acid groups (broad SMARTS) is 1. The van der Waals surface area contributed by atoms with Crippen LogP contribution in [0.5, 0.6) is 0 Å². The van der Waals surface area contributed by atoms with Gasteiger partial charge in [0.1, 0.15) is 0 Å². The van der Waals surface area contributed by atoms with E-state index >= 15 is 0 Å². The zero-order valence-corrected chi connectivity index (χ0v) is 11.9. The Hall–Kier alpha value is -2.75. The van der Waals surface area contributed by atoms with E-state index < -0.39 is 5.97 Å². The van der Waals surface area contributed by atoms with Crippen LogP contribution in [-0.2, 0) is 0 Å². The molecule has 3 aromatic rings. The molecule has 2 N–H and O–H groups in total. The quantitative estimate of drug-likeness (QED) is 0.770. The lowest BCUT2D eigenvalue weighted by Gasteiger charge is -2.12. The van der Waals surface area contributed by atoms with Gasteiger partial charge in [-0.1, -0.05) is 12.1 Å². The van der Waals surface area contributed by atoms with Crippen LogP contribution in [0.1, 0.15) is 10.4 Å². The van der Waals surface area contributed by atoms with E-state index in [9.17, 15) is 4.79 Å². The van der Waals surface area contributed by atoms with Gasteiger partial charge in [0.05, 0.1) is 5.56 Å². The minimum absolute atomic E-state index is 0.299. The monoisotopic (exact) mass is 280 g/mol. The summed E-state index contributed by atoms with van der Waals surface area (Å²) in [6, 6.07) is 13.3. The van der Waals surface area contributed by atoms with E-state index in [1.165, 1.54) is 0 Å². The number of nitrogens with zero attached hydrogens (tertiary/aromatic N) is 1. The Kier molecular flexibility index (Phi) is 3.14. The maximum Gasteiger partial charge on any atom is 0.335 e. The van der Waals surface area contributed by atoms with Gasteiger partial charge in [0.25, 0.3) is 0 Å². The molecular weight excluding hydrogens is 264 g/mol. The van der Waals surface area contributed by atoms with Gasteiger partial charge in [0.15, 0.2) is 0 Å². The van der Waals surface area contributed by atoms with Gasteiger partial charge >= 0.3 is 5.97 Å². The molecule has 106 valence electrons. The van der Waals surface area contributed by atoms with Crippen molar-refractivity contribution in [3.05, 3.63) is 54.2 Å². The molecule has 1 heterocycles. The van der Waals surface area contributed by atoms with Crippen LogP contribution in [0.3, 0.4) is 0 Å². The first-order valence-electron chi connectivity index (χ1n) is 6.68.